The van der Waals surface area contributed by atoms with Crippen molar-refractivity contribution >= 4 is 31.6 Å². The first kappa shape index (κ1) is 13.4. The SMILES string of the molecule is O=S(=O)(NC[C@H](O)CO)c1ccc2ncsc2c1. The van der Waals surface area contributed by atoms with Crippen LogP contribution in [-0.2, 0) is 10.0 Å². The highest BCUT2D eigenvalue weighted by atomic mass is 32.2. The van der Waals surface area contributed by atoms with Crippen LogP contribution in [0.4, 0.5) is 0 Å². The summed E-state index contributed by atoms with van der Waals surface area (Å²) >= 11 is 1.35. The second-order valence-corrected chi connectivity index (χ2v) is 6.32. The van der Waals surface area contributed by atoms with Crippen LogP contribution in [0.2, 0.25) is 0 Å². The fraction of sp³-hybridized carbons (Fsp3) is 0.300. The zero-order chi connectivity index (χ0) is 13.2. The van der Waals surface area contributed by atoms with Gasteiger partial charge >= 0.3 is 0 Å². The maximum absolute atomic E-state index is 11.9. The summed E-state index contributed by atoms with van der Waals surface area (Å²) in [4.78, 5) is 4.17. The molecule has 0 fully saturated rings. The molecule has 0 amide bonds. The molecule has 3 N–H and O–H groups in total. The minimum atomic E-state index is -3.68. The molecular weight excluding hydrogens is 276 g/mol. The van der Waals surface area contributed by atoms with Crippen molar-refractivity contribution in [1.29, 1.82) is 0 Å². The Morgan fingerprint density at radius 2 is 2.22 bits per heavy atom. The van der Waals surface area contributed by atoms with Crippen LogP contribution in [0.25, 0.3) is 10.2 Å². The number of benzene rings is 1. The number of hydrogen-bond acceptors (Lipinski definition) is 6. The second-order valence-electron chi connectivity index (χ2n) is 3.67. The minimum Gasteiger partial charge on any atom is -0.394 e. The average molecular weight is 288 g/mol. The first-order chi connectivity index (χ1) is 8.53. The van der Waals surface area contributed by atoms with Crippen molar-refractivity contribution in [3.63, 3.8) is 0 Å². The predicted molar refractivity (Wildman–Crippen MR) is 67.9 cm³/mol. The Labute approximate surface area is 108 Å². The van der Waals surface area contributed by atoms with E-state index in [0.29, 0.717) is 0 Å². The van der Waals surface area contributed by atoms with Gasteiger partial charge in [0.15, 0.2) is 0 Å². The van der Waals surface area contributed by atoms with Gasteiger partial charge in [0, 0.05) is 6.54 Å². The molecule has 98 valence electrons. The molecule has 1 aromatic heterocycles. The Balaban J connectivity index is 2.23. The molecular formula is C10H12N2O4S2. The molecule has 0 spiro atoms. The highest BCUT2D eigenvalue weighted by molar-refractivity contribution is 7.89. The fourth-order valence-electron chi connectivity index (χ4n) is 1.36. The van der Waals surface area contributed by atoms with Gasteiger partial charge in [0.05, 0.1) is 33.3 Å². The lowest BCUT2D eigenvalue weighted by atomic mass is 10.3. The number of sulfonamides is 1. The standard InChI is InChI=1S/C10H12N2O4S2/c13-5-7(14)4-12-18(15,16)8-1-2-9-10(3-8)17-6-11-9/h1-3,6-7,12-14H,4-5H2/t7-/m0/s1. The lowest BCUT2D eigenvalue weighted by molar-refractivity contribution is 0.0988. The molecule has 1 atom stereocenters. The maximum Gasteiger partial charge on any atom is 0.240 e. The van der Waals surface area contributed by atoms with E-state index in [2.05, 4.69) is 9.71 Å². The highest BCUT2D eigenvalue weighted by Gasteiger charge is 2.16. The Hall–Kier alpha value is -1.06. The monoisotopic (exact) mass is 288 g/mol. The number of nitrogens with zero attached hydrogens (tertiary/aromatic N) is 1. The molecule has 0 bridgehead atoms. The number of aliphatic hydroxyl groups is 2. The zero-order valence-electron chi connectivity index (χ0n) is 9.28. The van der Waals surface area contributed by atoms with E-state index in [-0.39, 0.29) is 11.4 Å². The van der Waals surface area contributed by atoms with E-state index in [9.17, 15) is 8.42 Å². The van der Waals surface area contributed by atoms with Crippen LogP contribution in [0.15, 0.2) is 28.6 Å². The van der Waals surface area contributed by atoms with Crippen molar-refractivity contribution in [1.82, 2.24) is 9.71 Å². The van der Waals surface area contributed by atoms with Crippen molar-refractivity contribution in [2.45, 2.75) is 11.0 Å². The Morgan fingerprint density at radius 3 is 2.94 bits per heavy atom. The van der Waals surface area contributed by atoms with Crippen LogP contribution >= 0.6 is 11.3 Å². The molecule has 2 aromatic rings. The van der Waals surface area contributed by atoms with Crippen molar-refractivity contribution < 1.29 is 18.6 Å². The zero-order valence-corrected chi connectivity index (χ0v) is 10.9. The largest absolute Gasteiger partial charge is 0.394 e. The third-order valence-electron chi connectivity index (χ3n) is 2.33. The van der Waals surface area contributed by atoms with Gasteiger partial charge in [0.25, 0.3) is 0 Å². The van der Waals surface area contributed by atoms with E-state index in [1.54, 1.807) is 11.6 Å². The van der Waals surface area contributed by atoms with Crippen molar-refractivity contribution in [3.05, 3.63) is 23.7 Å². The number of aliphatic hydroxyl groups excluding tert-OH is 2. The third-order valence-corrected chi connectivity index (χ3v) is 4.55. The Morgan fingerprint density at radius 1 is 1.44 bits per heavy atom. The third kappa shape index (κ3) is 2.85. The lowest BCUT2D eigenvalue weighted by Gasteiger charge is -2.09. The maximum atomic E-state index is 11.9. The predicted octanol–water partition coefficient (Wildman–Crippen LogP) is -0.0722. The first-order valence-electron chi connectivity index (χ1n) is 5.15. The number of fused-ring (bicyclic) bond motifs is 1. The van der Waals surface area contributed by atoms with Gasteiger partial charge in [-0.3, -0.25) is 0 Å². The molecule has 0 saturated heterocycles. The molecule has 0 aliphatic heterocycles. The van der Waals surface area contributed by atoms with Gasteiger partial charge in [-0.1, -0.05) is 0 Å². The van der Waals surface area contributed by atoms with Gasteiger partial charge in [-0.15, -0.1) is 11.3 Å². The van der Waals surface area contributed by atoms with E-state index in [0.717, 1.165) is 10.2 Å². The van der Waals surface area contributed by atoms with Crippen LogP contribution in [0, 0.1) is 0 Å². The fourth-order valence-corrected chi connectivity index (χ4v) is 3.25. The summed E-state index contributed by atoms with van der Waals surface area (Å²) in [5.41, 5.74) is 2.39. The lowest BCUT2D eigenvalue weighted by Crippen LogP contribution is -2.33. The van der Waals surface area contributed by atoms with Crippen LogP contribution in [0.3, 0.4) is 0 Å². The first-order valence-corrected chi connectivity index (χ1v) is 7.51. The second kappa shape index (κ2) is 5.29. The molecule has 0 saturated carbocycles. The highest BCUT2D eigenvalue weighted by Crippen LogP contribution is 2.21. The molecule has 2 rings (SSSR count). The molecule has 1 aromatic carbocycles. The molecule has 0 aliphatic carbocycles. The van der Waals surface area contributed by atoms with Gasteiger partial charge in [0.1, 0.15) is 0 Å². The molecule has 0 unspecified atom stereocenters. The topological polar surface area (TPSA) is 99.5 Å². The van der Waals surface area contributed by atoms with Crippen molar-refractivity contribution in [2.75, 3.05) is 13.2 Å². The van der Waals surface area contributed by atoms with Gasteiger partial charge in [0.2, 0.25) is 10.0 Å². The number of aromatic nitrogens is 1. The van der Waals surface area contributed by atoms with Crippen molar-refractivity contribution in [3.8, 4) is 0 Å². The minimum absolute atomic E-state index is 0.115. The van der Waals surface area contributed by atoms with Crippen LogP contribution < -0.4 is 4.72 Å². The molecule has 1 heterocycles. The van der Waals surface area contributed by atoms with Crippen LogP contribution in [-0.4, -0.2) is 42.9 Å². The molecule has 18 heavy (non-hydrogen) atoms. The normalized spacial score (nSPS) is 13.9. The molecule has 0 radical (unpaired) electrons. The summed E-state index contributed by atoms with van der Waals surface area (Å²) in [7, 11) is -3.68. The van der Waals surface area contributed by atoms with E-state index in [1.165, 1.54) is 23.5 Å². The summed E-state index contributed by atoms with van der Waals surface area (Å²) in [5, 5.41) is 17.7. The summed E-state index contributed by atoms with van der Waals surface area (Å²) in [6.45, 7) is -0.712. The summed E-state index contributed by atoms with van der Waals surface area (Å²) in [6, 6.07) is 4.61. The van der Waals surface area contributed by atoms with E-state index in [4.69, 9.17) is 10.2 Å². The van der Waals surface area contributed by atoms with Crippen molar-refractivity contribution in [2.24, 2.45) is 0 Å². The molecule has 6 nitrogen and oxygen atoms in total. The van der Waals surface area contributed by atoms with E-state index in [1.807, 2.05) is 0 Å². The summed E-state index contributed by atoms with van der Waals surface area (Å²) in [6.07, 6.45) is -1.10. The number of rotatable bonds is 5. The smallest absolute Gasteiger partial charge is 0.240 e. The number of nitrogens with one attached hydrogen (secondary N) is 1. The van der Waals surface area contributed by atoms with Gasteiger partial charge in [-0.25, -0.2) is 18.1 Å². The molecule has 8 heteroatoms. The number of thiazole rings is 1. The summed E-state index contributed by atoms with van der Waals surface area (Å²) < 4.78 is 26.8. The van der Waals surface area contributed by atoms with E-state index >= 15 is 0 Å². The van der Waals surface area contributed by atoms with Gasteiger partial charge in [-0.05, 0) is 18.2 Å². The van der Waals surface area contributed by atoms with Crippen LogP contribution in [0.1, 0.15) is 0 Å². The van der Waals surface area contributed by atoms with Gasteiger partial charge in [-0.2, -0.15) is 0 Å². The van der Waals surface area contributed by atoms with Gasteiger partial charge < -0.3 is 10.2 Å². The van der Waals surface area contributed by atoms with E-state index < -0.39 is 22.7 Å². The van der Waals surface area contributed by atoms with Crippen LogP contribution in [0.5, 0.6) is 0 Å². The summed E-state index contributed by atoms with van der Waals surface area (Å²) in [5.74, 6) is 0. The average Bonchev–Trinajstić information content (AvgIpc) is 2.83. The molecule has 0 aliphatic rings. The Kier molecular flexibility index (Phi) is 3.93. The quantitative estimate of drug-likeness (QED) is 0.715. The Bertz CT molecular complexity index is 638. The number of hydrogen-bond donors (Lipinski definition) is 3.